The van der Waals surface area contributed by atoms with E-state index in [1.165, 1.54) is 0 Å². The van der Waals surface area contributed by atoms with E-state index in [4.69, 9.17) is 5.73 Å². The number of amides is 2. The number of piperidine rings is 1. The van der Waals surface area contributed by atoms with Gasteiger partial charge in [0.25, 0.3) is 0 Å². The van der Waals surface area contributed by atoms with Gasteiger partial charge in [0.1, 0.15) is 0 Å². The number of carbonyl (C=O) groups is 2. The maximum atomic E-state index is 13.2. The number of sulfonamides is 1. The number of halogens is 3. The van der Waals surface area contributed by atoms with Gasteiger partial charge in [0.15, 0.2) is 0 Å². The molecular formula is C21H31F3N4O4S. The minimum Gasteiger partial charge on any atom is -0.369 e. The normalized spacial score (nSPS) is 16.9. The second-order valence-corrected chi connectivity index (χ2v) is 10.5. The Morgan fingerprint density at radius 2 is 1.85 bits per heavy atom. The zero-order valence-electron chi connectivity index (χ0n) is 18.9. The molecule has 0 bridgehead atoms. The quantitative estimate of drug-likeness (QED) is 0.546. The third-order valence-corrected chi connectivity index (χ3v) is 7.51. The molecule has 1 aromatic carbocycles. The molecule has 0 radical (unpaired) electrons. The van der Waals surface area contributed by atoms with Crippen molar-refractivity contribution >= 4 is 21.8 Å². The summed E-state index contributed by atoms with van der Waals surface area (Å²) < 4.78 is 66.5. The highest BCUT2D eigenvalue weighted by Crippen LogP contribution is 2.32. The SMILES string of the molecule is CN[C@@H](CC(C)C)C(=O)N1CCC(N(CC(N)=O)S(=O)(=O)c2cccc(C(F)(F)F)c2)CC1. The molecule has 0 saturated carbocycles. The van der Waals surface area contributed by atoms with Gasteiger partial charge in [-0.1, -0.05) is 19.9 Å². The number of primary amides is 1. The van der Waals surface area contributed by atoms with Crippen molar-refractivity contribution in [1.29, 1.82) is 0 Å². The van der Waals surface area contributed by atoms with E-state index in [1.807, 2.05) is 13.8 Å². The molecule has 1 heterocycles. The first-order valence-corrected chi connectivity index (χ1v) is 12.1. The van der Waals surface area contributed by atoms with E-state index in [-0.39, 0.29) is 37.9 Å². The van der Waals surface area contributed by atoms with Crippen LogP contribution in [-0.2, 0) is 25.8 Å². The number of carbonyl (C=O) groups excluding carboxylic acids is 2. The summed E-state index contributed by atoms with van der Waals surface area (Å²) in [6.45, 7) is 3.86. The Kier molecular flexibility index (Phi) is 8.88. The van der Waals surface area contributed by atoms with Crippen molar-refractivity contribution in [3.63, 3.8) is 0 Å². The van der Waals surface area contributed by atoms with E-state index in [0.29, 0.717) is 18.4 Å². The largest absolute Gasteiger partial charge is 0.416 e. The van der Waals surface area contributed by atoms with Crippen LogP contribution in [0.25, 0.3) is 0 Å². The molecule has 1 aliphatic heterocycles. The lowest BCUT2D eigenvalue weighted by atomic mass is 10.00. The van der Waals surface area contributed by atoms with Gasteiger partial charge in [-0.05, 0) is 50.4 Å². The van der Waals surface area contributed by atoms with Crippen molar-refractivity contribution < 1.29 is 31.2 Å². The van der Waals surface area contributed by atoms with Gasteiger partial charge in [0, 0.05) is 19.1 Å². The highest BCUT2D eigenvalue weighted by molar-refractivity contribution is 7.89. The summed E-state index contributed by atoms with van der Waals surface area (Å²) in [5, 5.41) is 3.00. The fraction of sp³-hybridized carbons (Fsp3) is 0.619. The van der Waals surface area contributed by atoms with Crippen LogP contribution in [0.2, 0.25) is 0 Å². The molecule has 2 rings (SSSR count). The summed E-state index contributed by atoms with van der Waals surface area (Å²) >= 11 is 0. The zero-order chi connectivity index (χ0) is 25.0. The van der Waals surface area contributed by atoms with Gasteiger partial charge < -0.3 is 16.0 Å². The zero-order valence-corrected chi connectivity index (χ0v) is 19.7. The molecule has 1 aromatic rings. The molecule has 0 unspecified atom stereocenters. The van der Waals surface area contributed by atoms with Gasteiger partial charge in [-0.25, -0.2) is 8.42 Å². The van der Waals surface area contributed by atoms with E-state index < -0.39 is 45.2 Å². The van der Waals surface area contributed by atoms with Crippen LogP contribution in [0, 0.1) is 5.92 Å². The second-order valence-electron chi connectivity index (χ2n) is 8.57. The fourth-order valence-electron chi connectivity index (χ4n) is 3.94. The lowest BCUT2D eigenvalue weighted by molar-refractivity contribution is -0.137. The Labute approximate surface area is 192 Å². The number of nitrogens with zero attached hydrogens (tertiary/aromatic N) is 2. The van der Waals surface area contributed by atoms with Gasteiger partial charge in [0.05, 0.1) is 23.0 Å². The van der Waals surface area contributed by atoms with E-state index in [9.17, 15) is 31.2 Å². The Morgan fingerprint density at radius 3 is 2.33 bits per heavy atom. The first-order valence-electron chi connectivity index (χ1n) is 10.7. The van der Waals surface area contributed by atoms with Gasteiger partial charge in [0.2, 0.25) is 21.8 Å². The van der Waals surface area contributed by atoms with E-state index in [2.05, 4.69) is 5.32 Å². The van der Waals surface area contributed by atoms with E-state index in [0.717, 1.165) is 22.5 Å². The van der Waals surface area contributed by atoms with Crippen molar-refractivity contribution in [2.45, 2.75) is 56.3 Å². The van der Waals surface area contributed by atoms with Crippen molar-refractivity contribution in [1.82, 2.24) is 14.5 Å². The van der Waals surface area contributed by atoms with Crippen LogP contribution in [0.1, 0.15) is 38.7 Å². The Bertz CT molecular complexity index is 945. The molecule has 1 saturated heterocycles. The first kappa shape index (κ1) is 27.1. The number of hydrogen-bond acceptors (Lipinski definition) is 5. The van der Waals surface area contributed by atoms with Crippen LogP contribution in [0.4, 0.5) is 13.2 Å². The Hall–Kier alpha value is -2.18. The predicted octanol–water partition coefficient (Wildman–Crippen LogP) is 1.81. The average molecular weight is 493 g/mol. The molecule has 33 heavy (non-hydrogen) atoms. The minimum absolute atomic E-state index is 0.0909. The summed E-state index contributed by atoms with van der Waals surface area (Å²) in [7, 11) is -2.73. The molecule has 12 heteroatoms. The summed E-state index contributed by atoms with van der Waals surface area (Å²) in [4.78, 5) is 25.5. The lowest BCUT2D eigenvalue weighted by Crippen LogP contribution is -2.53. The molecule has 1 atom stereocenters. The molecule has 8 nitrogen and oxygen atoms in total. The number of benzene rings is 1. The minimum atomic E-state index is -4.72. The van der Waals surface area contributed by atoms with E-state index >= 15 is 0 Å². The first-order chi connectivity index (χ1) is 15.3. The summed E-state index contributed by atoms with van der Waals surface area (Å²) in [6.07, 6.45) is -3.61. The Morgan fingerprint density at radius 1 is 1.24 bits per heavy atom. The monoisotopic (exact) mass is 492 g/mol. The number of likely N-dealkylation sites (N-methyl/N-ethyl adjacent to an activating group) is 1. The fourth-order valence-corrected chi connectivity index (χ4v) is 5.64. The highest BCUT2D eigenvalue weighted by atomic mass is 32.2. The van der Waals surface area contributed by atoms with Crippen LogP contribution in [0.3, 0.4) is 0 Å². The van der Waals surface area contributed by atoms with Gasteiger partial charge in [-0.2, -0.15) is 17.5 Å². The van der Waals surface area contributed by atoms with Gasteiger partial charge in [-0.3, -0.25) is 9.59 Å². The summed E-state index contributed by atoms with van der Waals surface area (Å²) in [6, 6.07) is 2.34. The van der Waals surface area contributed by atoms with Gasteiger partial charge in [-0.15, -0.1) is 0 Å². The van der Waals surface area contributed by atoms with Crippen molar-refractivity contribution in [3.8, 4) is 0 Å². The summed E-state index contributed by atoms with van der Waals surface area (Å²) in [5.41, 5.74) is 4.15. The standard InChI is InChI=1S/C21H31F3N4O4S/c1-14(2)11-18(26-3)20(30)27-9-7-16(8-10-27)28(13-19(25)29)33(31,32)17-6-4-5-15(12-17)21(22,23)24/h4-6,12,14,16,18,26H,7-11,13H2,1-3H3,(H2,25,29)/t18-/m0/s1. The maximum Gasteiger partial charge on any atom is 0.416 e. The third kappa shape index (κ3) is 6.90. The van der Waals surface area contributed by atoms with Crippen LogP contribution >= 0.6 is 0 Å². The number of nitrogens with one attached hydrogen (secondary N) is 1. The number of hydrogen-bond donors (Lipinski definition) is 2. The number of alkyl halides is 3. The highest BCUT2D eigenvalue weighted by Gasteiger charge is 2.38. The van der Waals surface area contributed by atoms with Crippen LogP contribution in [-0.4, -0.2) is 68.2 Å². The number of rotatable bonds is 9. The molecule has 2 amide bonds. The molecule has 1 aliphatic rings. The van der Waals surface area contributed by atoms with Crippen LogP contribution in [0.5, 0.6) is 0 Å². The Balaban J connectivity index is 2.23. The number of nitrogens with two attached hydrogens (primary N) is 1. The van der Waals surface area contributed by atoms with Crippen molar-refractivity contribution in [2.75, 3.05) is 26.7 Å². The van der Waals surface area contributed by atoms with Gasteiger partial charge >= 0.3 is 6.18 Å². The molecule has 1 fully saturated rings. The van der Waals surface area contributed by atoms with Crippen LogP contribution in [0.15, 0.2) is 29.2 Å². The molecule has 0 spiro atoms. The molecule has 186 valence electrons. The van der Waals surface area contributed by atoms with Crippen molar-refractivity contribution in [2.24, 2.45) is 11.7 Å². The van der Waals surface area contributed by atoms with Crippen LogP contribution < -0.4 is 11.1 Å². The second kappa shape index (κ2) is 10.8. The topological polar surface area (TPSA) is 113 Å². The molecule has 0 aromatic heterocycles. The predicted molar refractivity (Wildman–Crippen MR) is 116 cm³/mol. The molecule has 3 N–H and O–H groups in total. The molecule has 0 aliphatic carbocycles. The number of likely N-dealkylation sites (tertiary alicyclic amines) is 1. The maximum absolute atomic E-state index is 13.2. The third-order valence-electron chi connectivity index (χ3n) is 5.62. The summed E-state index contributed by atoms with van der Waals surface area (Å²) in [5.74, 6) is -0.712. The van der Waals surface area contributed by atoms with Crippen molar-refractivity contribution in [3.05, 3.63) is 29.8 Å². The molecular weight excluding hydrogens is 461 g/mol. The lowest BCUT2D eigenvalue weighted by Gasteiger charge is -2.38. The van der Waals surface area contributed by atoms with E-state index in [1.54, 1.807) is 11.9 Å². The smallest absolute Gasteiger partial charge is 0.369 e. The average Bonchev–Trinajstić information content (AvgIpc) is 2.74.